The van der Waals surface area contributed by atoms with Gasteiger partial charge in [-0.1, -0.05) is 13.8 Å². The van der Waals surface area contributed by atoms with E-state index in [0.29, 0.717) is 5.69 Å². The molecule has 0 spiro atoms. The standard InChI is InChI=1S/C16H22N2O3/c1-11-9-12(14(19)20)5-6-13(11)17-15(21)18-8-4-7-16(2,3)10-18/h5-6,9H,4,7-8,10H2,1-3H3,(H,17,21)(H,19,20). The highest BCUT2D eigenvalue weighted by molar-refractivity contribution is 5.92. The number of carboxylic acids is 1. The van der Waals surface area contributed by atoms with Gasteiger partial charge in [-0.3, -0.25) is 0 Å². The Bertz CT molecular complexity index is 567. The van der Waals surface area contributed by atoms with Crippen molar-refractivity contribution in [1.29, 1.82) is 0 Å². The zero-order chi connectivity index (χ0) is 15.6. The molecule has 1 aliphatic heterocycles. The van der Waals surface area contributed by atoms with Crippen molar-refractivity contribution < 1.29 is 14.7 Å². The van der Waals surface area contributed by atoms with Crippen LogP contribution in [0.5, 0.6) is 0 Å². The molecule has 1 aromatic rings. The van der Waals surface area contributed by atoms with Crippen LogP contribution in [0.3, 0.4) is 0 Å². The number of benzene rings is 1. The molecule has 2 N–H and O–H groups in total. The summed E-state index contributed by atoms with van der Waals surface area (Å²) in [5.74, 6) is -0.964. The maximum atomic E-state index is 12.3. The average Bonchev–Trinajstić information content (AvgIpc) is 2.39. The fraction of sp³-hybridized carbons (Fsp3) is 0.500. The third-order valence-corrected chi connectivity index (χ3v) is 3.90. The van der Waals surface area contributed by atoms with Crippen molar-refractivity contribution in [2.45, 2.75) is 33.6 Å². The minimum atomic E-state index is -0.964. The van der Waals surface area contributed by atoms with Crippen LogP contribution in [0.25, 0.3) is 0 Å². The van der Waals surface area contributed by atoms with Crippen LogP contribution in [-0.2, 0) is 0 Å². The second-order valence-electron chi connectivity index (χ2n) is 6.45. The van der Waals surface area contributed by atoms with E-state index in [1.165, 1.54) is 6.07 Å². The van der Waals surface area contributed by atoms with E-state index in [1.807, 2.05) is 4.90 Å². The Morgan fingerprint density at radius 1 is 1.33 bits per heavy atom. The lowest BCUT2D eigenvalue weighted by Gasteiger charge is -2.38. The van der Waals surface area contributed by atoms with Crippen LogP contribution in [0.4, 0.5) is 10.5 Å². The number of anilines is 1. The number of piperidine rings is 1. The molecule has 0 radical (unpaired) electrons. The number of carboxylic acid groups (broad SMARTS) is 1. The number of aromatic carboxylic acids is 1. The van der Waals surface area contributed by atoms with Gasteiger partial charge in [0.05, 0.1) is 5.56 Å². The van der Waals surface area contributed by atoms with E-state index in [4.69, 9.17) is 5.11 Å². The molecule has 1 heterocycles. The molecular formula is C16H22N2O3. The number of likely N-dealkylation sites (tertiary alicyclic amines) is 1. The number of urea groups is 1. The first-order chi connectivity index (χ1) is 9.78. The third-order valence-electron chi connectivity index (χ3n) is 3.90. The maximum Gasteiger partial charge on any atom is 0.335 e. The molecule has 0 aromatic heterocycles. The van der Waals surface area contributed by atoms with Gasteiger partial charge in [-0.05, 0) is 48.9 Å². The van der Waals surface area contributed by atoms with Crippen LogP contribution in [0, 0.1) is 12.3 Å². The molecule has 114 valence electrons. The Morgan fingerprint density at radius 2 is 2.05 bits per heavy atom. The molecular weight excluding hydrogens is 268 g/mol. The molecule has 0 unspecified atom stereocenters. The van der Waals surface area contributed by atoms with Crippen molar-refractivity contribution in [1.82, 2.24) is 4.90 Å². The third kappa shape index (κ3) is 3.74. The van der Waals surface area contributed by atoms with Gasteiger partial charge in [-0.25, -0.2) is 9.59 Å². The average molecular weight is 290 g/mol. The van der Waals surface area contributed by atoms with E-state index in [0.717, 1.165) is 31.5 Å². The molecule has 1 aromatic carbocycles. The van der Waals surface area contributed by atoms with Crippen LogP contribution in [0.1, 0.15) is 42.6 Å². The smallest absolute Gasteiger partial charge is 0.335 e. The Labute approximate surface area is 125 Å². The fourth-order valence-electron chi connectivity index (χ4n) is 2.73. The molecule has 5 heteroatoms. The number of nitrogens with one attached hydrogen (secondary N) is 1. The number of aryl methyl sites for hydroxylation is 1. The maximum absolute atomic E-state index is 12.3. The molecule has 1 aliphatic rings. The van der Waals surface area contributed by atoms with Gasteiger partial charge in [0.15, 0.2) is 0 Å². The summed E-state index contributed by atoms with van der Waals surface area (Å²) in [4.78, 5) is 25.1. The Morgan fingerprint density at radius 3 is 2.62 bits per heavy atom. The van der Waals surface area contributed by atoms with E-state index < -0.39 is 5.97 Å². The first-order valence-corrected chi connectivity index (χ1v) is 7.18. The molecule has 1 fully saturated rings. The van der Waals surface area contributed by atoms with Gasteiger partial charge in [-0.2, -0.15) is 0 Å². The summed E-state index contributed by atoms with van der Waals surface area (Å²) in [5, 5.41) is 11.8. The van der Waals surface area contributed by atoms with Crippen molar-refractivity contribution in [2.24, 2.45) is 5.41 Å². The number of hydrogen-bond acceptors (Lipinski definition) is 2. The summed E-state index contributed by atoms with van der Waals surface area (Å²) in [7, 11) is 0. The second-order valence-corrected chi connectivity index (χ2v) is 6.45. The summed E-state index contributed by atoms with van der Waals surface area (Å²) >= 11 is 0. The molecule has 0 aliphatic carbocycles. The van der Waals surface area contributed by atoms with Crippen LogP contribution in [0.15, 0.2) is 18.2 Å². The SMILES string of the molecule is Cc1cc(C(=O)O)ccc1NC(=O)N1CCCC(C)(C)C1. The van der Waals surface area contributed by atoms with E-state index in [9.17, 15) is 9.59 Å². The topological polar surface area (TPSA) is 69.6 Å². The predicted octanol–water partition coefficient (Wildman–Crippen LogP) is 3.35. The molecule has 1 saturated heterocycles. The van der Waals surface area contributed by atoms with Gasteiger partial charge < -0.3 is 15.3 Å². The monoisotopic (exact) mass is 290 g/mol. The largest absolute Gasteiger partial charge is 0.478 e. The summed E-state index contributed by atoms with van der Waals surface area (Å²) in [5.41, 5.74) is 1.79. The lowest BCUT2D eigenvalue weighted by Crippen LogP contribution is -2.45. The zero-order valence-corrected chi connectivity index (χ0v) is 12.8. The summed E-state index contributed by atoms with van der Waals surface area (Å²) in [6.45, 7) is 7.63. The van der Waals surface area contributed by atoms with Crippen molar-refractivity contribution in [3.63, 3.8) is 0 Å². The summed E-state index contributed by atoms with van der Waals surface area (Å²) in [6.07, 6.45) is 2.14. The molecule has 2 rings (SSSR count). The van der Waals surface area contributed by atoms with Crippen molar-refractivity contribution in [3.05, 3.63) is 29.3 Å². The van der Waals surface area contributed by atoms with E-state index in [-0.39, 0.29) is 17.0 Å². The molecule has 5 nitrogen and oxygen atoms in total. The highest BCUT2D eigenvalue weighted by atomic mass is 16.4. The van der Waals surface area contributed by atoms with Gasteiger partial charge in [0.1, 0.15) is 0 Å². The van der Waals surface area contributed by atoms with Gasteiger partial charge in [-0.15, -0.1) is 0 Å². The summed E-state index contributed by atoms with van der Waals surface area (Å²) < 4.78 is 0. The van der Waals surface area contributed by atoms with E-state index in [2.05, 4.69) is 19.2 Å². The Balaban J connectivity index is 2.07. The molecule has 0 bridgehead atoms. The lowest BCUT2D eigenvalue weighted by molar-refractivity contribution is 0.0697. The first kappa shape index (κ1) is 15.4. The minimum Gasteiger partial charge on any atom is -0.478 e. The molecule has 0 atom stereocenters. The normalized spacial score (nSPS) is 17.4. The van der Waals surface area contributed by atoms with Crippen molar-refractivity contribution in [2.75, 3.05) is 18.4 Å². The van der Waals surface area contributed by atoms with Gasteiger partial charge in [0.2, 0.25) is 0 Å². The molecule has 2 amide bonds. The van der Waals surface area contributed by atoms with Crippen LogP contribution >= 0.6 is 0 Å². The van der Waals surface area contributed by atoms with E-state index >= 15 is 0 Å². The van der Waals surface area contributed by atoms with Crippen LogP contribution in [0.2, 0.25) is 0 Å². The lowest BCUT2D eigenvalue weighted by atomic mass is 9.84. The second kappa shape index (κ2) is 5.76. The van der Waals surface area contributed by atoms with Gasteiger partial charge >= 0.3 is 12.0 Å². The van der Waals surface area contributed by atoms with Crippen LogP contribution < -0.4 is 5.32 Å². The number of hydrogen-bond donors (Lipinski definition) is 2. The summed E-state index contributed by atoms with van der Waals surface area (Å²) in [6, 6.07) is 4.60. The fourth-order valence-corrected chi connectivity index (χ4v) is 2.73. The van der Waals surface area contributed by atoms with Gasteiger partial charge in [0, 0.05) is 18.8 Å². The number of carbonyl (C=O) groups is 2. The highest BCUT2D eigenvalue weighted by Gasteiger charge is 2.29. The number of rotatable bonds is 2. The van der Waals surface area contributed by atoms with Crippen LogP contribution in [-0.4, -0.2) is 35.1 Å². The van der Waals surface area contributed by atoms with Gasteiger partial charge in [0.25, 0.3) is 0 Å². The van der Waals surface area contributed by atoms with Crippen molar-refractivity contribution >= 4 is 17.7 Å². The van der Waals surface area contributed by atoms with E-state index in [1.54, 1.807) is 19.1 Å². The Kier molecular flexibility index (Phi) is 4.21. The van der Waals surface area contributed by atoms with Crippen molar-refractivity contribution in [3.8, 4) is 0 Å². The number of amides is 2. The first-order valence-electron chi connectivity index (χ1n) is 7.18. The Hall–Kier alpha value is -2.04. The zero-order valence-electron chi connectivity index (χ0n) is 12.8. The number of nitrogens with zero attached hydrogens (tertiary/aromatic N) is 1. The number of carbonyl (C=O) groups excluding carboxylic acids is 1. The quantitative estimate of drug-likeness (QED) is 0.877. The molecule has 21 heavy (non-hydrogen) atoms. The highest BCUT2D eigenvalue weighted by Crippen LogP contribution is 2.29. The minimum absolute atomic E-state index is 0.117. The molecule has 0 saturated carbocycles. The predicted molar refractivity (Wildman–Crippen MR) is 81.7 cm³/mol.